The van der Waals surface area contributed by atoms with E-state index in [1.165, 1.54) is 0 Å². The lowest BCUT2D eigenvalue weighted by molar-refractivity contribution is 0.574. The van der Waals surface area contributed by atoms with Gasteiger partial charge in [0.2, 0.25) is 10.0 Å². The van der Waals surface area contributed by atoms with Crippen molar-refractivity contribution in [1.82, 2.24) is 10.0 Å². The van der Waals surface area contributed by atoms with E-state index in [9.17, 15) is 8.42 Å². The highest BCUT2D eigenvalue weighted by atomic mass is 32.2. The first kappa shape index (κ1) is 14.6. The van der Waals surface area contributed by atoms with Gasteiger partial charge in [-0.05, 0) is 48.3 Å². The smallest absolute Gasteiger partial charge is 0.211 e. The number of thiophene rings is 1. The maximum Gasteiger partial charge on any atom is 0.211 e. The van der Waals surface area contributed by atoms with Gasteiger partial charge in [0.05, 0.1) is 5.75 Å². The summed E-state index contributed by atoms with van der Waals surface area (Å²) in [5.41, 5.74) is 1.02. The Labute approximate surface area is 107 Å². The number of rotatable bonds is 9. The van der Waals surface area contributed by atoms with Crippen LogP contribution in [0, 0.1) is 0 Å². The SMILES string of the molecule is CCCNCCCS(=O)(=O)NCc1ccsc1. The van der Waals surface area contributed by atoms with Crippen molar-refractivity contribution in [1.29, 1.82) is 0 Å². The van der Waals surface area contributed by atoms with E-state index >= 15 is 0 Å². The van der Waals surface area contributed by atoms with Gasteiger partial charge in [-0.25, -0.2) is 13.1 Å². The Kier molecular flexibility index (Phi) is 6.72. The molecule has 0 aliphatic heterocycles. The van der Waals surface area contributed by atoms with Crippen LogP contribution in [0.3, 0.4) is 0 Å². The van der Waals surface area contributed by atoms with Gasteiger partial charge in [0.25, 0.3) is 0 Å². The Bertz CT molecular complexity index is 388. The minimum atomic E-state index is -3.13. The Morgan fingerprint density at radius 1 is 1.35 bits per heavy atom. The van der Waals surface area contributed by atoms with Gasteiger partial charge in [-0.3, -0.25) is 0 Å². The zero-order valence-corrected chi connectivity index (χ0v) is 11.7. The molecule has 0 saturated heterocycles. The fourth-order valence-electron chi connectivity index (χ4n) is 1.35. The van der Waals surface area contributed by atoms with Crippen LogP contribution >= 0.6 is 11.3 Å². The second-order valence-corrected chi connectivity index (χ2v) is 6.58. The summed E-state index contributed by atoms with van der Waals surface area (Å²) in [7, 11) is -3.13. The van der Waals surface area contributed by atoms with Crippen LogP contribution in [0.5, 0.6) is 0 Å². The predicted molar refractivity (Wildman–Crippen MR) is 72.7 cm³/mol. The summed E-state index contributed by atoms with van der Waals surface area (Å²) in [5, 5.41) is 7.08. The maximum atomic E-state index is 11.6. The van der Waals surface area contributed by atoms with Crippen molar-refractivity contribution in [2.24, 2.45) is 0 Å². The molecule has 0 spiro atoms. The summed E-state index contributed by atoms with van der Waals surface area (Å²) in [6, 6.07) is 1.93. The average Bonchev–Trinajstić information content (AvgIpc) is 2.79. The number of sulfonamides is 1. The lowest BCUT2D eigenvalue weighted by Gasteiger charge is -2.06. The fraction of sp³-hybridized carbons (Fsp3) is 0.636. The highest BCUT2D eigenvalue weighted by Crippen LogP contribution is 2.05. The van der Waals surface area contributed by atoms with Gasteiger partial charge in [0.15, 0.2) is 0 Å². The molecule has 1 aromatic rings. The van der Waals surface area contributed by atoms with Crippen LogP contribution in [-0.4, -0.2) is 27.3 Å². The summed E-state index contributed by atoms with van der Waals surface area (Å²) in [4.78, 5) is 0. The third-order valence-electron chi connectivity index (χ3n) is 2.27. The molecule has 1 aromatic heterocycles. The van der Waals surface area contributed by atoms with Crippen LogP contribution in [-0.2, 0) is 16.6 Å². The van der Waals surface area contributed by atoms with Crippen LogP contribution < -0.4 is 10.0 Å². The molecule has 98 valence electrons. The van der Waals surface area contributed by atoms with Gasteiger partial charge in [-0.1, -0.05) is 6.92 Å². The van der Waals surface area contributed by atoms with E-state index in [0.29, 0.717) is 13.0 Å². The molecule has 0 saturated carbocycles. The average molecular weight is 276 g/mol. The summed E-state index contributed by atoms with van der Waals surface area (Å²) >= 11 is 1.57. The molecule has 0 fully saturated rings. The van der Waals surface area contributed by atoms with E-state index in [-0.39, 0.29) is 5.75 Å². The van der Waals surface area contributed by atoms with Crippen molar-refractivity contribution in [2.45, 2.75) is 26.3 Å². The zero-order valence-electron chi connectivity index (χ0n) is 10.1. The van der Waals surface area contributed by atoms with E-state index in [1.54, 1.807) is 11.3 Å². The van der Waals surface area contributed by atoms with Crippen molar-refractivity contribution in [3.8, 4) is 0 Å². The molecule has 0 aliphatic rings. The van der Waals surface area contributed by atoms with Crippen molar-refractivity contribution in [3.63, 3.8) is 0 Å². The van der Waals surface area contributed by atoms with Crippen LogP contribution in [0.4, 0.5) is 0 Å². The Morgan fingerprint density at radius 2 is 2.18 bits per heavy atom. The third-order valence-corrected chi connectivity index (χ3v) is 4.41. The molecule has 6 heteroatoms. The van der Waals surface area contributed by atoms with E-state index in [4.69, 9.17) is 0 Å². The number of hydrogen-bond acceptors (Lipinski definition) is 4. The van der Waals surface area contributed by atoms with E-state index in [2.05, 4.69) is 17.0 Å². The van der Waals surface area contributed by atoms with Gasteiger partial charge >= 0.3 is 0 Å². The van der Waals surface area contributed by atoms with E-state index < -0.39 is 10.0 Å². The largest absolute Gasteiger partial charge is 0.317 e. The van der Waals surface area contributed by atoms with Crippen LogP contribution in [0.1, 0.15) is 25.3 Å². The number of hydrogen-bond donors (Lipinski definition) is 2. The van der Waals surface area contributed by atoms with E-state index in [0.717, 1.165) is 25.1 Å². The van der Waals surface area contributed by atoms with Crippen LogP contribution in [0.15, 0.2) is 16.8 Å². The van der Waals surface area contributed by atoms with Gasteiger partial charge in [-0.15, -0.1) is 0 Å². The first-order chi connectivity index (χ1) is 8.14. The van der Waals surface area contributed by atoms with Gasteiger partial charge in [0, 0.05) is 6.54 Å². The fourth-order valence-corrected chi connectivity index (χ4v) is 3.07. The molecule has 0 unspecified atom stereocenters. The predicted octanol–water partition coefficient (Wildman–Crippen LogP) is 1.56. The van der Waals surface area contributed by atoms with Gasteiger partial charge in [-0.2, -0.15) is 11.3 Å². The summed E-state index contributed by atoms with van der Waals surface area (Å²) in [6.07, 6.45) is 1.72. The third kappa shape index (κ3) is 6.78. The minimum absolute atomic E-state index is 0.188. The molecule has 0 bridgehead atoms. The first-order valence-corrected chi connectivity index (χ1v) is 8.42. The monoisotopic (exact) mass is 276 g/mol. The molecule has 1 heterocycles. The minimum Gasteiger partial charge on any atom is -0.317 e. The lowest BCUT2D eigenvalue weighted by atomic mass is 10.4. The second kappa shape index (κ2) is 7.81. The normalized spacial score (nSPS) is 11.8. The molecule has 1 rings (SSSR count). The van der Waals surface area contributed by atoms with Crippen molar-refractivity contribution in [3.05, 3.63) is 22.4 Å². The summed E-state index contributed by atoms with van der Waals surface area (Å²) in [5.74, 6) is 0.188. The maximum absolute atomic E-state index is 11.6. The molecular formula is C11H20N2O2S2. The van der Waals surface area contributed by atoms with Crippen LogP contribution in [0.2, 0.25) is 0 Å². The molecule has 0 atom stereocenters. The van der Waals surface area contributed by atoms with Gasteiger partial charge < -0.3 is 5.32 Å². The molecule has 0 amide bonds. The first-order valence-electron chi connectivity index (χ1n) is 5.83. The highest BCUT2D eigenvalue weighted by molar-refractivity contribution is 7.89. The Morgan fingerprint density at radius 3 is 2.82 bits per heavy atom. The van der Waals surface area contributed by atoms with Crippen molar-refractivity contribution >= 4 is 21.4 Å². The molecule has 17 heavy (non-hydrogen) atoms. The standard InChI is InChI=1S/C11H20N2O2S2/c1-2-5-12-6-3-8-17(14,15)13-9-11-4-7-16-10-11/h4,7,10,12-13H,2-3,5-6,8-9H2,1H3. The quantitative estimate of drug-likeness (QED) is 0.673. The van der Waals surface area contributed by atoms with Gasteiger partial charge in [0.1, 0.15) is 0 Å². The molecule has 0 aliphatic carbocycles. The van der Waals surface area contributed by atoms with E-state index in [1.807, 2.05) is 16.8 Å². The Balaban J connectivity index is 2.17. The zero-order chi connectivity index (χ0) is 12.6. The van der Waals surface area contributed by atoms with Crippen molar-refractivity contribution < 1.29 is 8.42 Å². The summed E-state index contributed by atoms with van der Waals surface area (Å²) in [6.45, 7) is 4.19. The lowest BCUT2D eigenvalue weighted by Crippen LogP contribution is -2.28. The second-order valence-electron chi connectivity index (χ2n) is 3.88. The van der Waals surface area contributed by atoms with Crippen molar-refractivity contribution in [2.75, 3.05) is 18.8 Å². The molecule has 4 nitrogen and oxygen atoms in total. The molecule has 2 N–H and O–H groups in total. The highest BCUT2D eigenvalue weighted by Gasteiger charge is 2.09. The Hall–Kier alpha value is -0.430. The molecule has 0 radical (unpaired) electrons. The molecular weight excluding hydrogens is 256 g/mol. The van der Waals surface area contributed by atoms with Crippen LogP contribution in [0.25, 0.3) is 0 Å². The summed E-state index contributed by atoms with van der Waals surface area (Å²) < 4.78 is 25.8. The molecule has 0 aromatic carbocycles. The number of nitrogens with one attached hydrogen (secondary N) is 2. The topological polar surface area (TPSA) is 58.2 Å².